The van der Waals surface area contributed by atoms with E-state index in [0.29, 0.717) is 28.6 Å². The standard InChI is InChI=1S/C24H24BrClFNO3/c1-29-18-8-6-16(7-9-18)10-11-28-14-17-12-23(30-2)24(13-20(17)25)31-15-19-21(26)4-3-5-22(19)27/h3-9,12-13,28H,10-11,14-15H2,1-2H3. The number of hydrogen-bond donors (Lipinski definition) is 1. The fraction of sp³-hybridized carbons (Fsp3) is 0.250. The van der Waals surface area contributed by atoms with Crippen molar-refractivity contribution in [2.24, 2.45) is 0 Å². The van der Waals surface area contributed by atoms with Gasteiger partial charge in [-0.15, -0.1) is 0 Å². The van der Waals surface area contributed by atoms with Crippen LogP contribution in [0.3, 0.4) is 0 Å². The second-order valence-corrected chi connectivity index (χ2v) is 8.12. The van der Waals surface area contributed by atoms with E-state index in [1.807, 2.05) is 24.3 Å². The minimum absolute atomic E-state index is 0.00770. The fourth-order valence-electron chi connectivity index (χ4n) is 3.05. The Morgan fingerprint density at radius 2 is 1.77 bits per heavy atom. The van der Waals surface area contributed by atoms with Crippen molar-refractivity contribution in [1.29, 1.82) is 0 Å². The summed E-state index contributed by atoms with van der Waals surface area (Å²) in [6, 6.07) is 16.3. The van der Waals surface area contributed by atoms with E-state index in [1.165, 1.54) is 11.6 Å². The maximum atomic E-state index is 14.0. The maximum Gasteiger partial charge on any atom is 0.162 e. The lowest BCUT2D eigenvalue weighted by Gasteiger charge is -2.15. The van der Waals surface area contributed by atoms with Gasteiger partial charge in [-0.3, -0.25) is 0 Å². The Kier molecular flexibility index (Phi) is 8.58. The largest absolute Gasteiger partial charge is 0.497 e. The minimum Gasteiger partial charge on any atom is -0.497 e. The van der Waals surface area contributed by atoms with Gasteiger partial charge in [0.05, 0.1) is 19.2 Å². The lowest BCUT2D eigenvalue weighted by atomic mass is 10.1. The van der Waals surface area contributed by atoms with Crippen molar-refractivity contribution in [3.8, 4) is 17.2 Å². The number of methoxy groups -OCH3 is 2. The summed E-state index contributed by atoms with van der Waals surface area (Å²) in [6.45, 7) is 1.49. The molecule has 0 unspecified atom stereocenters. The molecule has 0 aliphatic heterocycles. The molecule has 0 atom stereocenters. The van der Waals surface area contributed by atoms with Gasteiger partial charge in [0.25, 0.3) is 0 Å². The predicted molar refractivity (Wildman–Crippen MR) is 125 cm³/mol. The van der Waals surface area contributed by atoms with Crippen molar-refractivity contribution < 1.29 is 18.6 Å². The fourth-order valence-corrected chi connectivity index (χ4v) is 3.73. The first kappa shape index (κ1) is 23.4. The highest BCUT2D eigenvalue weighted by atomic mass is 79.9. The molecule has 164 valence electrons. The first-order valence-corrected chi connectivity index (χ1v) is 10.9. The highest BCUT2D eigenvalue weighted by molar-refractivity contribution is 9.10. The number of ether oxygens (including phenoxy) is 3. The topological polar surface area (TPSA) is 39.7 Å². The molecule has 3 aromatic rings. The van der Waals surface area contributed by atoms with Crippen LogP contribution >= 0.6 is 27.5 Å². The molecule has 0 bridgehead atoms. The average molecular weight is 509 g/mol. The van der Waals surface area contributed by atoms with Gasteiger partial charge in [-0.2, -0.15) is 0 Å². The molecule has 3 rings (SSSR count). The molecule has 0 saturated carbocycles. The monoisotopic (exact) mass is 507 g/mol. The zero-order valence-corrected chi connectivity index (χ0v) is 19.7. The molecule has 0 aliphatic carbocycles. The molecule has 0 radical (unpaired) electrons. The summed E-state index contributed by atoms with van der Waals surface area (Å²) in [6.07, 6.45) is 0.906. The minimum atomic E-state index is -0.400. The SMILES string of the molecule is COc1ccc(CCNCc2cc(OC)c(OCc3c(F)cccc3Cl)cc2Br)cc1. The molecule has 0 aromatic heterocycles. The van der Waals surface area contributed by atoms with Gasteiger partial charge in [-0.25, -0.2) is 4.39 Å². The molecule has 7 heteroatoms. The maximum absolute atomic E-state index is 14.0. The molecular weight excluding hydrogens is 485 g/mol. The van der Waals surface area contributed by atoms with E-state index >= 15 is 0 Å². The van der Waals surface area contributed by atoms with Gasteiger partial charge in [0.2, 0.25) is 0 Å². The second-order valence-electron chi connectivity index (χ2n) is 6.86. The zero-order valence-electron chi connectivity index (χ0n) is 17.4. The van der Waals surface area contributed by atoms with E-state index in [-0.39, 0.29) is 6.61 Å². The third-order valence-electron chi connectivity index (χ3n) is 4.83. The summed E-state index contributed by atoms with van der Waals surface area (Å²) in [5.41, 5.74) is 2.58. The van der Waals surface area contributed by atoms with Crippen molar-refractivity contribution in [3.63, 3.8) is 0 Å². The van der Waals surface area contributed by atoms with E-state index in [2.05, 4.69) is 33.4 Å². The van der Waals surface area contributed by atoms with Gasteiger partial charge in [-0.1, -0.05) is 45.7 Å². The highest BCUT2D eigenvalue weighted by Crippen LogP contribution is 2.34. The van der Waals surface area contributed by atoms with Gasteiger partial charge in [0, 0.05) is 16.6 Å². The summed E-state index contributed by atoms with van der Waals surface area (Å²) in [5.74, 6) is 1.54. The Morgan fingerprint density at radius 1 is 1.00 bits per heavy atom. The Balaban J connectivity index is 1.59. The van der Waals surface area contributed by atoms with Crippen molar-refractivity contribution in [1.82, 2.24) is 5.32 Å². The van der Waals surface area contributed by atoms with Crippen LogP contribution in [0.15, 0.2) is 59.1 Å². The molecule has 0 spiro atoms. The molecule has 0 saturated heterocycles. The summed E-state index contributed by atoms with van der Waals surface area (Å²) < 4.78 is 31.3. The molecule has 0 fully saturated rings. The number of nitrogens with one attached hydrogen (secondary N) is 1. The lowest BCUT2D eigenvalue weighted by molar-refractivity contribution is 0.279. The van der Waals surface area contributed by atoms with E-state index < -0.39 is 5.82 Å². The zero-order chi connectivity index (χ0) is 22.2. The van der Waals surface area contributed by atoms with E-state index in [4.69, 9.17) is 25.8 Å². The molecule has 31 heavy (non-hydrogen) atoms. The van der Waals surface area contributed by atoms with Crippen molar-refractivity contribution in [3.05, 3.63) is 86.6 Å². The summed E-state index contributed by atoms with van der Waals surface area (Å²) >= 11 is 9.67. The van der Waals surface area contributed by atoms with Crippen LogP contribution in [-0.4, -0.2) is 20.8 Å². The average Bonchev–Trinajstić information content (AvgIpc) is 2.77. The van der Waals surface area contributed by atoms with Gasteiger partial charge >= 0.3 is 0 Å². The van der Waals surface area contributed by atoms with Gasteiger partial charge in [0.15, 0.2) is 11.5 Å². The number of halogens is 3. The normalized spacial score (nSPS) is 10.7. The van der Waals surface area contributed by atoms with Crippen LogP contribution in [-0.2, 0) is 19.6 Å². The smallest absolute Gasteiger partial charge is 0.162 e. The summed E-state index contributed by atoms with van der Waals surface area (Å²) in [5, 5.41) is 3.77. The van der Waals surface area contributed by atoms with Crippen LogP contribution in [0.1, 0.15) is 16.7 Å². The van der Waals surface area contributed by atoms with Crippen molar-refractivity contribution in [2.75, 3.05) is 20.8 Å². The Labute approximate surface area is 195 Å². The van der Waals surface area contributed by atoms with E-state index in [0.717, 1.165) is 28.8 Å². The molecule has 0 heterocycles. The molecule has 0 aliphatic rings. The Morgan fingerprint density at radius 3 is 2.45 bits per heavy atom. The first-order valence-electron chi connectivity index (χ1n) is 9.77. The highest BCUT2D eigenvalue weighted by Gasteiger charge is 2.13. The number of rotatable bonds is 10. The lowest BCUT2D eigenvalue weighted by Crippen LogP contribution is -2.17. The molecule has 3 aromatic carbocycles. The van der Waals surface area contributed by atoms with E-state index in [9.17, 15) is 4.39 Å². The van der Waals surface area contributed by atoms with Crippen LogP contribution in [0.25, 0.3) is 0 Å². The van der Waals surface area contributed by atoms with Crippen LogP contribution in [0, 0.1) is 5.82 Å². The number of benzene rings is 3. The van der Waals surface area contributed by atoms with Crippen LogP contribution in [0.4, 0.5) is 4.39 Å². The second kappa shape index (κ2) is 11.4. The number of hydrogen-bond acceptors (Lipinski definition) is 4. The molecule has 0 amide bonds. The van der Waals surface area contributed by atoms with Crippen LogP contribution < -0.4 is 19.5 Å². The quantitative estimate of drug-likeness (QED) is 0.333. The van der Waals surface area contributed by atoms with Gasteiger partial charge in [-0.05, 0) is 60.5 Å². The first-order chi connectivity index (χ1) is 15.0. The summed E-state index contributed by atoms with van der Waals surface area (Å²) in [7, 11) is 3.24. The predicted octanol–water partition coefficient (Wildman–Crippen LogP) is 6.17. The molecule has 4 nitrogen and oxygen atoms in total. The molecule has 1 N–H and O–H groups in total. The van der Waals surface area contributed by atoms with Crippen molar-refractivity contribution in [2.45, 2.75) is 19.6 Å². The van der Waals surface area contributed by atoms with E-state index in [1.54, 1.807) is 26.4 Å². The molecular formula is C24H24BrClFNO3. The Hall–Kier alpha value is -2.28. The van der Waals surface area contributed by atoms with Crippen molar-refractivity contribution >= 4 is 27.5 Å². The Bertz CT molecular complexity index is 994. The summed E-state index contributed by atoms with van der Waals surface area (Å²) in [4.78, 5) is 0. The third kappa shape index (κ3) is 6.35. The van der Waals surface area contributed by atoms with Crippen LogP contribution in [0.5, 0.6) is 17.2 Å². The van der Waals surface area contributed by atoms with Gasteiger partial charge in [0.1, 0.15) is 18.2 Å². The van der Waals surface area contributed by atoms with Crippen LogP contribution in [0.2, 0.25) is 5.02 Å². The third-order valence-corrected chi connectivity index (χ3v) is 5.92. The van der Waals surface area contributed by atoms with Gasteiger partial charge < -0.3 is 19.5 Å².